The number of nitrogens with zero attached hydrogens (tertiary/aromatic N) is 4. The number of guanidine groups is 1. The fourth-order valence-corrected chi connectivity index (χ4v) is 4.28. The predicted octanol–water partition coefficient (Wildman–Crippen LogP) is 2.33. The van der Waals surface area contributed by atoms with E-state index in [0.717, 1.165) is 50.9 Å². The Labute approximate surface area is 205 Å². The molecule has 31 heavy (non-hydrogen) atoms. The van der Waals surface area contributed by atoms with Crippen LogP contribution in [-0.2, 0) is 0 Å². The van der Waals surface area contributed by atoms with Crippen LogP contribution in [0.5, 0.6) is 5.75 Å². The number of para-hydroxylation sites is 2. The van der Waals surface area contributed by atoms with Crippen molar-refractivity contribution in [3.63, 3.8) is 0 Å². The number of anilines is 1. The van der Waals surface area contributed by atoms with E-state index in [-0.39, 0.29) is 24.0 Å². The van der Waals surface area contributed by atoms with Crippen molar-refractivity contribution in [2.45, 2.75) is 26.3 Å². The molecule has 8 heteroatoms. The van der Waals surface area contributed by atoms with Crippen LogP contribution in [-0.4, -0.2) is 94.9 Å². The molecule has 0 saturated carbocycles. The molecule has 2 aliphatic rings. The quantitative estimate of drug-likeness (QED) is 0.298. The van der Waals surface area contributed by atoms with Crippen molar-refractivity contribution in [3.05, 3.63) is 24.3 Å². The van der Waals surface area contributed by atoms with Crippen molar-refractivity contribution in [1.29, 1.82) is 0 Å². The van der Waals surface area contributed by atoms with Crippen molar-refractivity contribution in [2.75, 3.05) is 78.0 Å². The van der Waals surface area contributed by atoms with Crippen LogP contribution < -0.4 is 20.3 Å². The number of benzene rings is 1. The number of ether oxygens (including phenoxy) is 1. The van der Waals surface area contributed by atoms with Crippen molar-refractivity contribution < 1.29 is 4.74 Å². The van der Waals surface area contributed by atoms with Crippen molar-refractivity contribution in [2.24, 2.45) is 10.9 Å². The van der Waals surface area contributed by atoms with Crippen LogP contribution in [0.1, 0.15) is 20.3 Å². The molecule has 7 nitrogen and oxygen atoms in total. The minimum atomic E-state index is 0. The molecule has 2 heterocycles. The normalized spacial score (nSPS) is 21.5. The molecule has 0 radical (unpaired) electrons. The van der Waals surface area contributed by atoms with Crippen LogP contribution in [0.2, 0.25) is 0 Å². The number of rotatable bonds is 8. The number of nitrogens with one attached hydrogen (secondary N) is 2. The van der Waals surface area contributed by atoms with E-state index in [1.807, 2.05) is 12.1 Å². The number of methoxy groups -OCH3 is 1. The molecule has 176 valence electrons. The molecule has 2 fully saturated rings. The fraction of sp³-hybridized carbons (Fsp3) is 0.696. The first-order valence-corrected chi connectivity index (χ1v) is 11.4. The Bertz CT molecular complexity index is 680. The molecule has 0 amide bonds. The molecule has 1 aromatic carbocycles. The molecular formula is C23H41IN6O. The van der Waals surface area contributed by atoms with E-state index in [2.05, 4.69) is 58.4 Å². The van der Waals surface area contributed by atoms with Crippen LogP contribution in [0.4, 0.5) is 5.69 Å². The summed E-state index contributed by atoms with van der Waals surface area (Å²) in [6, 6.07) is 8.66. The van der Waals surface area contributed by atoms with E-state index in [1.54, 1.807) is 7.11 Å². The second-order valence-electron chi connectivity index (χ2n) is 8.68. The lowest BCUT2D eigenvalue weighted by Gasteiger charge is -2.33. The van der Waals surface area contributed by atoms with Gasteiger partial charge in [-0.2, -0.15) is 0 Å². The maximum Gasteiger partial charge on any atom is 0.191 e. The van der Waals surface area contributed by atoms with Gasteiger partial charge in [0.15, 0.2) is 5.96 Å². The van der Waals surface area contributed by atoms with Gasteiger partial charge in [0.05, 0.1) is 12.8 Å². The van der Waals surface area contributed by atoms with Gasteiger partial charge in [-0.05, 0) is 38.4 Å². The molecule has 2 N–H and O–H groups in total. The van der Waals surface area contributed by atoms with E-state index < -0.39 is 0 Å². The molecule has 2 unspecified atom stereocenters. The SMILES string of the molecule is CCNC(=NCC(C)CN1CCN(C)CC1)NC1CCN(c2ccccc2OC)C1.I. The first-order valence-electron chi connectivity index (χ1n) is 11.4. The summed E-state index contributed by atoms with van der Waals surface area (Å²) < 4.78 is 5.54. The van der Waals surface area contributed by atoms with Gasteiger partial charge in [0, 0.05) is 64.9 Å². The van der Waals surface area contributed by atoms with E-state index in [0.29, 0.717) is 12.0 Å². The standard InChI is InChI=1S/C23H40N6O.HI/c1-5-24-23(25-16-19(2)17-28-14-12-27(3)13-15-28)26-20-10-11-29(18-20)21-8-6-7-9-22(21)30-4;/h6-9,19-20H,5,10-18H2,1-4H3,(H2,24,25,26);1H. The molecule has 0 spiro atoms. The van der Waals surface area contributed by atoms with Crippen molar-refractivity contribution >= 4 is 35.6 Å². The van der Waals surface area contributed by atoms with Gasteiger partial charge in [-0.3, -0.25) is 4.99 Å². The molecule has 2 aliphatic heterocycles. The maximum absolute atomic E-state index is 5.54. The Morgan fingerprint density at radius 1 is 1.19 bits per heavy atom. The van der Waals surface area contributed by atoms with E-state index in [9.17, 15) is 0 Å². The lowest BCUT2D eigenvalue weighted by molar-refractivity contribution is 0.140. The van der Waals surface area contributed by atoms with Crippen LogP contribution in [0.15, 0.2) is 29.3 Å². The summed E-state index contributed by atoms with van der Waals surface area (Å²) in [6.45, 7) is 14.0. The number of halogens is 1. The Hall–Kier alpha value is -1.26. The zero-order valence-electron chi connectivity index (χ0n) is 19.6. The van der Waals surface area contributed by atoms with E-state index >= 15 is 0 Å². The number of hydrogen-bond acceptors (Lipinski definition) is 5. The van der Waals surface area contributed by atoms with E-state index in [1.165, 1.54) is 31.9 Å². The summed E-state index contributed by atoms with van der Waals surface area (Å²) >= 11 is 0. The molecule has 0 aromatic heterocycles. The molecule has 1 aromatic rings. The second-order valence-corrected chi connectivity index (χ2v) is 8.68. The van der Waals surface area contributed by atoms with Gasteiger partial charge < -0.3 is 30.1 Å². The van der Waals surface area contributed by atoms with Gasteiger partial charge in [0.25, 0.3) is 0 Å². The molecule has 2 saturated heterocycles. The predicted molar refractivity (Wildman–Crippen MR) is 141 cm³/mol. The Balaban J connectivity index is 0.00000341. The van der Waals surface area contributed by atoms with Crippen molar-refractivity contribution in [1.82, 2.24) is 20.4 Å². The van der Waals surface area contributed by atoms with E-state index in [4.69, 9.17) is 9.73 Å². The maximum atomic E-state index is 5.54. The Kier molecular flexibility index (Phi) is 11.2. The summed E-state index contributed by atoms with van der Waals surface area (Å²) in [7, 11) is 3.95. The van der Waals surface area contributed by atoms with Crippen LogP contribution in [0.25, 0.3) is 0 Å². The second kappa shape index (κ2) is 13.3. The van der Waals surface area contributed by atoms with Crippen LogP contribution in [0, 0.1) is 5.92 Å². The third-order valence-electron chi connectivity index (χ3n) is 6.03. The highest BCUT2D eigenvalue weighted by atomic mass is 127. The van der Waals surface area contributed by atoms with Gasteiger partial charge in [0.1, 0.15) is 5.75 Å². The summed E-state index contributed by atoms with van der Waals surface area (Å²) in [5.74, 6) is 2.43. The van der Waals surface area contributed by atoms with Crippen LogP contribution in [0.3, 0.4) is 0 Å². The monoisotopic (exact) mass is 544 g/mol. The summed E-state index contributed by atoms with van der Waals surface area (Å²) in [5.41, 5.74) is 1.17. The largest absolute Gasteiger partial charge is 0.495 e. The molecule has 2 atom stereocenters. The lowest BCUT2D eigenvalue weighted by atomic mass is 10.1. The molecule has 0 bridgehead atoms. The summed E-state index contributed by atoms with van der Waals surface area (Å²) in [4.78, 5) is 12.3. The topological polar surface area (TPSA) is 55.4 Å². The highest BCUT2D eigenvalue weighted by Gasteiger charge is 2.25. The minimum Gasteiger partial charge on any atom is -0.495 e. The van der Waals surface area contributed by atoms with Gasteiger partial charge in [-0.25, -0.2) is 0 Å². The minimum absolute atomic E-state index is 0. The highest BCUT2D eigenvalue weighted by Crippen LogP contribution is 2.30. The number of aliphatic imine (C=N–C) groups is 1. The molecule has 3 rings (SSSR count). The first kappa shape index (κ1) is 26.0. The zero-order chi connectivity index (χ0) is 21.3. The smallest absolute Gasteiger partial charge is 0.191 e. The zero-order valence-corrected chi connectivity index (χ0v) is 22.0. The molecular weight excluding hydrogens is 503 g/mol. The van der Waals surface area contributed by atoms with Gasteiger partial charge in [-0.15, -0.1) is 24.0 Å². The Morgan fingerprint density at radius 3 is 2.65 bits per heavy atom. The number of hydrogen-bond donors (Lipinski definition) is 2. The third kappa shape index (κ3) is 7.98. The summed E-state index contributed by atoms with van der Waals surface area (Å²) in [5, 5.41) is 7.08. The van der Waals surface area contributed by atoms with Gasteiger partial charge >= 0.3 is 0 Å². The fourth-order valence-electron chi connectivity index (χ4n) is 4.28. The van der Waals surface area contributed by atoms with Crippen molar-refractivity contribution in [3.8, 4) is 5.75 Å². The van der Waals surface area contributed by atoms with Crippen LogP contribution >= 0.6 is 24.0 Å². The average molecular weight is 545 g/mol. The first-order chi connectivity index (χ1) is 14.6. The van der Waals surface area contributed by atoms with Gasteiger partial charge in [0.2, 0.25) is 0 Å². The molecule has 0 aliphatic carbocycles. The third-order valence-corrected chi connectivity index (χ3v) is 6.03. The summed E-state index contributed by atoms with van der Waals surface area (Å²) in [6.07, 6.45) is 1.10. The van der Waals surface area contributed by atoms with Gasteiger partial charge in [-0.1, -0.05) is 19.1 Å². The lowest BCUT2D eigenvalue weighted by Crippen LogP contribution is -2.46. The average Bonchev–Trinajstić information content (AvgIpc) is 3.22. The number of likely N-dealkylation sites (N-methyl/N-ethyl adjacent to an activating group) is 1. The Morgan fingerprint density at radius 2 is 1.94 bits per heavy atom. The highest BCUT2D eigenvalue weighted by molar-refractivity contribution is 14.0. The number of piperazine rings is 1.